The largest absolute Gasteiger partial charge is 0.393 e. The van der Waals surface area contributed by atoms with E-state index in [1.807, 2.05) is 24.1 Å². The van der Waals surface area contributed by atoms with Gasteiger partial charge in [-0.15, -0.1) is 0 Å². The highest BCUT2D eigenvalue weighted by Gasteiger charge is 2.28. The van der Waals surface area contributed by atoms with Gasteiger partial charge in [-0.3, -0.25) is 4.68 Å². The molecule has 1 unspecified atom stereocenters. The molecule has 0 spiro atoms. The molecule has 1 N–H and O–H groups in total. The molecule has 0 bridgehead atoms. The molecule has 2 rings (SSSR count). The fourth-order valence-corrected chi connectivity index (χ4v) is 1.83. The smallest absolute Gasteiger partial charge is 0.0568 e. The van der Waals surface area contributed by atoms with E-state index in [0.29, 0.717) is 5.92 Å². The Bertz CT molecular complexity index is 291. The van der Waals surface area contributed by atoms with Crippen molar-refractivity contribution in [2.45, 2.75) is 38.2 Å². The van der Waals surface area contributed by atoms with Crippen molar-refractivity contribution in [3.63, 3.8) is 0 Å². The van der Waals surface area contributed by atoms with Crippen LogP contribution in [0, 0.1) is 5.92 Å². The molecule has 1 aromatic rings. The van der Waals surface area contributed by atoms with Crippen molar-refractivity contribution in [2.75, 3.05) is 0 Å². The first-order valence-corrected chi connectivity index (χ1v) is 5.41. The van der Waals surface area contributed by atoms with Crippen LogP contribution >= 0.6 is 0 Å². The zero-order valence-corrected chi connectivity index (χ0v) is 8.69. The van der Waals surface area contributed by atoms with Crippen molar-refractivity contribution in [3.05, 3.63) is 18.0 Å². The van der Waals surface area contributed by atoms with E-state index < -0.39 is 0 Å². The van der Waals surface area contributed by atoms with Crippen LogP contribution in [0.2, 0.25) is 0 Å². The molecule has 14 heavy (non-hydrogen) atoms. The average Bonchev–Trinajstić information content (AvgIpc) is 2.92. The number of rotatable bonds is 5. The molecule has 0 saturated heterocycles. The minimum absolute atomic E-state index is 0.0494. The lowest BCUT2D eigenvalue weighted by Gasteiger charge is -2.07. The van der Waals surface area contributed by atoms with Gasteiger partial charge in [-0.25, -0.2) is 0 Å². The molecule has 1 heterocycles. The SMILES string of the molecule is Cn1cc(CCCC(O)C2CC2)cn1. The van der Waals surface area contributed by atoms with Crippen molar-refractivity contribution in [1.29, 1.82) is 0 Å². The zero-order valence-electron chi connectivity index (χ0n) is 8.69. The molecule has 1 aromatic heterocycles. The quantitative estimate of drug-likeness (QED) is 0.771. The Balaban J connectivity index is 1.67. The molecule has 1 saturated carbocycles. The van der Waals surface area contributed by atoms with Gasteiger partial charge in [0.15, 0.2) is 0 Å². The Morgan fingerprint density at radius 3 is 3.00 bits per heavy atom. The second-order valence-electron chi connectivity index (χ2n) is 4.32. The molecule has 1 aliphatic carbocycles. The van der Waals surface area contributed by atoms with Crippen LogP contribution in [-0.2, 0) is 13.5 Å². The maximum Gasteiger partial charge on any atom is 0.0568 e. The predicted molar refractivity (Wildman–Crippen MR) is 54.9 cm³/mol. The van der Waals surface area contributed by atoms with E-state index in [-0.39, 0.29) is 6.10 Å². The molecular formula is C11H18N2O. The van der Waals surface area contributed by atoms with Gasteiger partial charge in [-0.2, -0.15) is 5.10 Å². The summed E-state index contributed by atoms with van der Waals surface area (Å²) in [5, 5.41) is 13.8. The molecule has 0 aromatic carbocycles. The van der Waals surface area contributed by atoms with Crippen LogP contribution in [-0.4, -0.2) is 21.0 Å². The van der Waals surface area contributed by atoms with E-state index in [2.05, 4.69) is 5.10 Å². The summed E-state index contributed by atoms with van der Waals surface area (Å²) in [6.07, 6.45) is 9.42. The number of aryl methyl sites for hydroxylation is 2. The topological polar surface area (TPSA) is 38.0 Å². The summed E-state index contributed by atoms with van der Waals surface area (Å²) >= 11 is 0. The number of aliphatic hydroxyl groups is 1. The summed E-state index contributed by atoms with van der Waals surface area (Å²) in [5.41, 5.74) is 1.27. The van der Waals surface area contributed by atoms with Gasteiger partial charge in [0.25, 0.3) is 0 Å². The molecular weight excluding hydrogens is 176 g/mol. The van der Waals surface area contributed by atoms with Crippen LogP contribution in [0.1, 0.15) is 31.2 Å². The van der Waals surface area contributed by atoms with Crippen molar-refractivity contribution < 1.29 is 5.11 Å². The van der Waals surface area contributed by atoms with E-state index in [4.69, 9.17) is 0 Å². The third-order valence-corrected chi connectivity index (χ3v) is 2.89. The summed E-state index contributed by atoms with van der Waals surface area (Å²) in [6, 6.07) is 0. The van der Waals surface area contributed by atoms with Crippen molar-refractivity contribution >= 4 is 0 Å². The normalized spacial score (nSPS) is 18.4. The third-order valence-electron chi connectivity index (χ3n) is 2.89. The Hall–Kier alpha value is -0.830. The Morgan fingerprint density at radius 2 is 2.43 bits per heavy atom. The van der Waals surface area contributed by atoms with E-state index in [9.17, 15) is 5.11 Å². The summed E-state index contributed by atoms with van der Waals surface area (Å²) in [7, 11) is 1.93. The summed E-state index contributed by atoms with van der Waals surface area (Å²) < 4.78 is 1.83. The number of hydrogen-bond donors (Lipinski definition) is 1. The van der Waals surface area contributed by atoms with Crippen LogP contribution in [0.5, 0.6) is 0 Å². The fourth-order valence-electron chi connectivity index (χ4n) is 1.83. The highest BCUT2D eigenvalue weighted by Crippen LogP contribution is 2.34. The summed E-state index contributed by atoms with van der Waals surface area (Å²) in [6.45, 7) is 0. The summed E-state index contributed by atoms with van der Waals surface area (Å²) in [5.74, 6) is 0.615. The lowest BCUT2D eigenvalue weighted by Crippen LogP contribution is -2.08. The van der Waals surface area contributed by atoms with Gasteiger partial charge < -0.3 is 5.11 Å². The standard InChI is InChI=1S/C11H18N2O/c1-13-8-9(7-12-13)3-2-4-11(14)10-5-6-10/h7-8,10-11,14H,2-6H2,1H3. The van der Waals surface area contributed by atoms with Crippen LogP contribution < -0.4 is 0 Å². The molecule has 0 amide bonds. The predicted octanol–water partition coefficient (Wildman–Crippen LogP) is 1.51. The monoisotopic (exact) mass is 194 g/mol. The molecule has 78 valence electrons. The Labute approximate surface area is 84.7 Å². The number of nitrogens with zero attached hydrogens (tertiary/aromatic N) is 2. The Kier molecular flexibility index (Phi) is 2.87. The maximum atomic E-state index is 9.65. The van der Waals surface area contributed by atoms with Gasteiger partial charge in [-0.05, 0) is 43.6 Å². The van der Waals surface area contributed by atoms with Gasteiger partial charge in [0.2, 0.25) is 0 Å². The first-order chi connectivity index (χ1) is 6.75. The van der Waals surface area contributed by atoms with Crippen molar-refractivity contribution in [1.82, 2.24) is 9.78 Å². The summed E-state index contributed by atoms with van der Waals surface area (Å²) in [4.78, 5) is 0. The minimum Gasteiger partial charge on any atom is -0.393 e. The minimum atomic E-state index is -0.0494. The lowest BCUT2D eigenvalue weighted by atomic mass is 10.1. The van der Waals surface area contributed by atoms with E-state index in [0.717, 1.165) is 19.3 Å². The molecule has 1 fully saturated rings. The molecule has 3 nitrogen and oxygen atoms in total. The first-order valence-electron chi connectivity index (χ1n) is 5.41. The number of aliphatic hydroxyl groups excluding tert-OH is 1. The van der Waals surface area contributed by atoms with Gasteiger partial charge in [0, 0.05) is 13.2 Å². The van der Waals surface area contributed by atoms with Gasteiger partial charge in [0.1, 0.15) is 0 Å². The lowest BCUT2D eigenvalue weighted by molar-refractivity contribution is 0.139. The fraction of sp³-hybridized carbons (Fsp3) is 0.727. The van der Waals surface area contributed by atoms with E-state index >= 15 is 0 Å². The number of aromatic nitrogens is 2. The third kappa shape index (κ3) is 2.58. The molecule has 1 aliphatic rings. The molecule has 0 radical (unpaired) electrons. The van der Waals surface area contributed by atoms with Crippen molar-refractivity contribution in [2.24, 2.45) is 13.0 Å². The average molecular weight is 194 g/mol. The van der Waals surface area contributed by atoms with Crippen molar-refractivity contribution in [3.8, 4) is 0 Å². The van der Waals surface area contributed by atoms with E-state index in [1.165, 1.54) is 18.4 Å². The molecule has 0 aliphatic heterocycles. The van der Waals surface area contributed by atoms with Crippen LogP contribution in [0.15, 0.2) is 12.4 Å². The molecule has 1 atom stereocenters. The maximum absolute atomic E-state index is 9.65. The van der Waals surface area contributed by atoms with Crippen LogP contribution in [0.25, 0.3) is 0 Å². The second kappa shape index (κ2) is 4.13. The second-order valence-corrected chi connectivity index (χ2v) is 4.32. The van der Waals surface area contributed by atoms with E-state index in [1.54, 1.807) is 0 Å². The van der Waals surface area contributed by atoms with Gasteiger partial charge >= 0.3 is 0 Å². The van der Waals surface area contributed by atoms with Crippen LogP contribution in [0.4, 0.5) is 0 Å². The molecule has 3 heteroatoms. The first kappa shape index (κ1) is 9.71. The highest BCUT2D eigenvalue weighted by molar-refractivity contribution is 5.03. The van der Waals surface area contributed by atoms with Crippen LogP contribution in [0.3, 0.4) is 0 Å². The zero-order chi connectivity index (χ0) is 9.97. The van der Waals surface area contributed by atoms with Gasteiger partial charge in [-0.1, -0.05) is 0 Å². The van der Waals surface area contributed by atoms with Gasteiger partial charge in [0.05, 0.1) is 12.3 Å². The Morgan fingerprint density at radius 1 is 1.64 bits per heavy atom. The highest BCUT2D eigenvalue weighted by atomic mass is 16.3. The number of hydrogen-bond acceptors (Lipinski definition) is 2.